The van der Waals surface area contributed by atoms with Gasteiger partial charge < -0.3 is 25.4 Å². The van der Waals surface area contributed by atoms with Gasteiger partial charge in [0.15, 0.2) is 0 Å². The van der Waals surface area contributed by atoms with Crippen molar-refractivity contribution in [3.63, 3.8) is 0 Å². The highest BCUT2D eigenvalue weighted by molar-refractivity contribution is 6.45. The highest BCUT2D eigenvalue weighted by Gasteiger charge is 2.36. The molecule has 0 aliphatic carbocycles. The standard InChI is InChI=1S/C13H23BN2O5/c17-12(7-9-3-1-2-6-15-9)16-11-5-4-10(8-13(18)19)21-14(11)20/h9-11,15,20H,1-8H2,(H,16,17)(H,18,19)/t9-,10+,11+/m1/s1. The number of carboxylic acid groups (broad SMARTS) is 1. The van der Waals surface area contributed by atoms with E-state index in [1.807, 2.05) is 0 Å². The van der Waals surface area contributed by atoms with Gasteiger partial charge in [-0.05, 0) is 32.2 Å². The van der Waals surface area contributed by atoms with E-state index in [-0.39, 0.29) is 18.4 Å². The molecule has 0 aromatic rings. The maximum absolute atomic E-state index is 12.0. The summed E-state index contributed by atoms with van der Waals surface area (Å²) in [6.07, 6.45) is 4.14. The first-order valence-electron chi connectivity index (χ1n) is 7.62. The van der Waals surface area contributed by atoms with Crippen molar-refractivity contribution in [2.24, 2.45) is 0 Å². The number of hydrogen-bond acceptors (Lipinski definition) is 5. The van der Waals surface area contributed by atoms with Gasteiger partial charge in [-0.3, -0.25) is 9.59 Å². The highest BCUT2D eigenvalue weighted by atomic mass is 16.5. The summed E-state index contributed by atoms with van der Waals surface area (Å²) in [7, 11) is -1.13. The second-order valence-corrected chi connectivity index (χ2v) is 5.85. The maximum atomic E-state index is 12.0. The third-order valence-electron chi connectivity index (χ3n) is 4.07. The van der Waals surface area contributed by atoms with E-state index in [0.29, 0.717) is 19.3 Å². The van der Waals surface area contributed by atoms with Gasteiger partial charge >= 0.3 is 13.1 Å². The molecule has 0 saturated carbocycles. The third-order valence-corrected chi connectivity index (χ3v) is 4.07. The van der Waals surface area contributed by atoms with Crippen LogP contribution in [0.5, 0.6) is 0 Å². The average molecular weight is 298 g/mol. The topological polar surface area (TPSA) is 108 Å². The summed E-state index contributed by atoms with van der Waals surface area (Å²) in [5.41, 5.74) is 0. The summed E-state index contributed by atoms with van der Waals surface area (Å²) in [5, 5.41) is 24.7. The zero-order chi connectivity index (χ0) is 15.2. The van der Waals surface area contributed by atoms with Crippen molar-refractivity contribution in [2.45, 2.75) is 63.0 Å². The number of piperidine rings is 1. The molecule has 2 fully saturated rings. The van der Waals surface area contributed by atoms with Crippen LogP contribution in [0.1, 0.15) is 44.9 Å². The SMILES string of the molecule is O=C(O)C[C@@H]1CC[C@H](NC(=O)C[C@H]2CCCCN2)B(O)O1. The molecule has 118 valence electrons. The lowest BCUT2D eigenvalue weighted by atomic mass is 9.72. The van der Waals surface area contributed by atoms with E-state index in [4.69, 9.17) is 9.76 Å². The lowest BCUT2D eigenvalue weighted by Gasteiger charge is -2.31. The minimum atomic E-state index is -1.13. The molecule has 1 amide bonds. The Morgan fingerprint density at radius 1 is 1.24 bits per heavy atom. The summed E-state index contributed by atoms with van der Waals surface area (Å²) >= 11 is 0. The van der Waals surface area contributed by atoms with Gasteiger partial charge in [-0.2, -0.15) is 0 Å². The molecule has 0 aromatic heterocycles. The van der Waals surface area contributed by atoms with Gasteiger partial charge in [-0.1, -0.05) is 6.42 Å². The molecule has 2 rings (SSSR count). The third kappa shape index (κ3) is 5.30. The summed E-state index contributed by atoms with van der Waals surface area (Å²) in [5.74, 6) is -1.50. The lowest BCUT2D eigenvalue weighted by Crippen LogP contribution is -2.53. The van der Waals surface area contributed by atoms with Gasteiger partial charge in [-0.25, -0.2) is 0 Å². The molecule has 7 nitrogen and oxygen atoms in total. The van der Waals surface area contributed by atoms with Crippen LogP contribution in [-0.2, 0) is 14.2 Å². The first-order valence-corrected chi connectivity index (χ1v) is 7.62. The van der Waals surface area contributed by atoms with Crippen LogP contribution in [0, 0.1) is 0 Å². The second-order valence-electron chi connectivity index (χ2n) is 5.85. The lowest BCUT2D eigenvalue weighted by molar-refractivity contribution is -0.139. The minimum absolute atomic E-state index is 0.0984. The van der Waals surface area contributed by atoms with Gasteiger partial charge in [0.1, 0.15) is 0 Å². The van der Waals surface area contributed by atoms with E-state index in [2.05, 4.69) is 10.6 Å². The van der Waals surface area contributed by atoms with Crippen molar-refractivity contribution in [2.75, 3.05) is 6.54 Å². The summed E-state index contributed by atoms with van der Waals surface area (Å²) < 4.78 is 5.24. The van der Waals surface area contributed by atoms with Gasteiger partial charge in [0.2, 0.25) is 5.91 Å². The predicted molar refractivity (Wildman–Crippen MR) is 76.5 cm³/mol. The van der Waals surface area contributed by atoms with Gasteiger partial charge in [0.25, 0.3) is 0 Å². The predicted octanol–water partition coefficient (Wildman–Crippen LogP) is -0.323. The van der Waals surface area contributed by atoms with Crippen molar-refractivity contribution in [1.82, 2.24) is 10.6 Å². The molecule has 0 unspecified atom stereocenters. The molecule has 0 bridgehead atoms. The molecule has 0 spiro atoms. The number of hydrogen-bond donors (Lipinski definition) is 4. The fourth-order valence-electron chi connectivity index (χ4n) is 2.94. The smallest absolute Gasteiger partial charge is 0.478 e. The number of amides is 1. The number of rotatable bonds is 5. The molecular weight excluding hydrogens is 275 g/mol. The number of carbonyl (C=O) groups excluding carboxylic acids is 1. The summed E-state index contributed by atoms with van der Waals surface area (Å²) in [6.45, 7) is 0.948. The zero-order valence-corrected chi connectivity index (χ0v) is 12.1. The van der Waals surface area contributed by atoms with E-state index >= 15 is 0 Å². The molecule has 0 radical (unpaired) electrons. The quantitative estimate of drug-likeness (QED) is 0.518. The Bertz CT molecular complexity index is 376. The molecule has 2 aliphatic rings. The van der Waals surface area contributed by atoms with E-state index in [1.54, 1.807) is 0 Å². The Kier molecular flexibility index (Phi) is 6.01. The Hall–Kier alpha value is -1.12. The average Bonchev–Trinajstić information content (AvgIpc) is 2.42. The van der Waals surface area contributed by atoms with Gasteiger partial charge in [0.05, 0.1) is 18.5 Å². The molecule has 21 heavy (non-hydrogen) atoms. The monoisotopic (exact) mass is 298 g/mol. The Labute approximate surface area is 124 Å². The highest BCUT2D eigenvalue weighted by Crippen LogP contribution is 2.19. The van der Waals surface area contributed by atoms with Crippen LogP contribution >= 0.6 is 0 Å². The molecule has 0 aromatic carbocycles. The van der Waals surface area contributed by atoms with Crippen LogP contribution in [-0.4, -0.2) is 53.8 Å². The van der Waals surface area contributed by atoms with Crippen LogP contribution in [0.25, 0.3) is 0 Å². The largest absolute Gasteiger partial charge is 0.481 e. The van der Waals surface area contributed by atoms with Crippen LogP contribution < -0.4 is 10.6 Å². The molecule has 3 atom stereocenters. The van der Waals surface area contributed by atoms with Crippen LogP contribution in [0.15, 0.2) is 0 Å². The van der Waals surface area contributed by atoms with Crippen molar-refractivity contribution < 1.29 is 24.4 Å². The van der Waals surface area contributed by atoms with Crippen molar-refractivity contribution in [3.8, 4) is 0 Å². The van der Waals surface area contributed by atoms with E-state index in [0.717, 1.165) is 25.8 Å². The number of nitrogens with one attached hydrogen (secondary N) is 2. The van der Waals surface area contributed by atoms with E-state index in [9.17, 15) is 14.6 Å². The van der Waals surface area contributed by atoms with Crippen molar-refractivity contribution in [3.05, 3.63) is 0 Å². The molecular formula is C13H23BN2O5. The number of carbonyl (C=O) groups is 2. The fraction of sp³-hybridized carbons (Fsp3) is 0.846. The molecule has 2 aliphatic heterocycles. The fourth-order valence-corrected chi connectivity index (χ4v) is 2.94. The Morgan fingerprint density at radius 3 is 2.67 bits per heavy atom. The molecule has 2 heterocycles. The number of aliphatic carboxylic acids is 1. The van der Waals surface area contributed by atoms with E-state index < -0.39 is 25.1 Å². The van der Waals surface area contributed by atoms with Gasteiger partial charge in [-0.15, -0.1) is 0 Å². The van der Waals surface area contributed by atoms with Crippen LogP contribution in [0.3, 0.4) is 0 Å². The summed E-state index contributed by atoms with van der Waals surface area (Å²) in [6, 6.07) is 0.208. The van der Waals surface area contributed by atoms with Crippen molar-refractivity contribution in [1.29, 1.82) is 0 Å². The van der Waals surface area contributed by atoms with Gasteiger partial charge in [0, 0.05) is 12.5 Å². The number of carboxylic acids is 1. The normalized spacial score (nSPS) is 30.0. The zero-order valence-electron chi connectivity index (χ0n) is 12.1. The first-order chi connectivity index (χ1) is 10.0. The Balaban J connectivity index is 1.72. The van der Waals surface area contributed by atoms with Crippen molar-refractivity contribution >= 4 is 19.0 Å². The van der Waals surface area contributed by atoms with Crippen LogP contribution in [0.2, 0.25) is 0 Å². The molecule has 2 saturated heterocycles. The Morgan fingerprint density at radius 2 is 2.05 bits per heavy atom. The van der Waals surface area contributed by atoms with E-state index in [1.165, 1.54) is 0 Å². The second kappa shape index (κ2) is 7.77. The van der Waals surface area contributed by atoms with Crippen LogP contribution in [0.4, 0.5) is 0 Å². The minimum Gasteiger partial charge on any atom is -0.481 e. The molecule has 4 N–H and O–H groups in total. The summed E-state index contributed by atoms with van der Waals surface area (Å²) in [4.78, 5) is 22.6. The maximum Gasteiger partial charge on any atom is 0.478 e. The first kappa shape index (κ1) is 16.3. The molecule has 8 heteroatoms.